The summed E-state index contributed by atoms with van der Waals surface area (Å²) >= 11 is 6.81. The molecule has 0 bridgehead atoms. The first-order valence-electron chi connectivity index (χ1n) is 5.67. The van der Waals surface area contributed by atoms with Crippen molar-refractivity contribution in [3.05, 3.63) is 33.7 Å². The van der Waals surface area contributed by atoms with E-state index < -0.39 is 0 Å². The smallest absolute Gasteiger partial charge is 0.178 e. The Labute approximate surface area is 124 Å². The first-order valence-corrected chi connectivity index (χ1v) is 8.16. The van der Waals surface area contributed by atoms with Gasteiger partial charge in [-0.15, -0.1) is 10.2 Å². The van der Waals surface area contributed by atoms with Crippen molar-refractivity contribution in [2.24, 2.45) is 0 Å². The quantitative estimate of drug-likeness (QED) is 0.885. The van der Waals surface area contributed by atoms with Crippen LogP contribution in [0.15, 0.2) is 37.4 Å². The highest BCUT2D eigenvalue weighted by Gasteiger charge is 2.09. The molecule has 2 aromatic rings. The lowest BCUT2D eigenvalue weighted by atomic mass is 10.1. The van der Waals surface area contributed by atoms with Crippen LogP contribution in [-0.4, -0.2) is 16.7 Å². The van der Waals surface area contributed by atoms with E-state index in [9.17, 15) is 0 Å². The molecular weight excluding hydrogens is 330 g/mol. The van der Waals surface area contributed by atoms with Crippen molar-refractivity contribution in [1.29, 1.82) is 0 Å². The molecule has 0 saturated carbocycles. The highest BCUT2D eigenvalue weighted by Crippen LogP contribution is 2.35. The Kier molecular flexibility index (Phi) is 5.17. The van der Waals surface area contributed by atoms with Crippen LogP contribution >= 0.6 is 39.0 Å². The van der Waals surface area contributed by atoms with Crippen LogP contribution in [0, 0.1) is 0 Å². The largest absolute Gasteiger partial charge is 0.310 e. The van der Waals surface area contributed by atoms with Gasteiger partial charge in [0.15, 0.2) is 4.34 Å². The molecule has 96 valence electrons. The summed E-state index contributed by atoms with van der Waals surface area (Å²) in [4.78, 5) is 1.17. The van der Waals surface area contributed by atoms with Crippen LogP contribution in [0.5, 0.6) is 0 Å². The highest BCUT2D eigenvalue weighted by molar-refractivity contribution is 9.10. The summed E-state index contributed by atoms with van der Waals surface area (Å²) < 4.78 is 2.06. The van der Waals surface area contributed by atoms with Crippen LogP contribution in [0.2, 0.25) is 0 Å². The maximum absolute atomic E-state index is 4.04. The lowest BCUT2D eigenvalue weighted by Crippen LogP contribution is -2.17. The zero-order chi connectivity index (χ0) is 13.0. The van der Waals surface area contributed by atoms with E-state index >= 15 is 0 Å². The van der Waals surface area contributed by atoms with Gasteiger partial charge in [-0.05, 0) is 47.1 Å². The lowest BCUT2D eigenvalue weighted by Gasteiger charge is -2.14. The summed E-state index contributed by atoms with van der Waals surface area (Å²) in [6.07, 6.45) is 0. The van der Waals surface area contributed by atoms with Gasteiger partial charge in [-0.1, -0.05) is 36.1 Å². The minimum atomic E-state index is 0.367. The fourth-order valence-electron chi connectivity index (χ4n) is 1.59. The summed E-state index contributed by atoms with van der Waals surface area (Å²) in [5.74, 6) is 0. The average Bonchev–Trinajstić information content (AvgIpc) is 2.85. The summed E-state index contributed by atoms with van der Waals surface area (Å²) in [6.45, 7) is 5.26. The zero-order valence-corrected chi connectivity index (χ0v) is 13.4. The Morgan fingerprint density at radius 2 is 2.33 bits per heavy atom. The van der Waals surface area contributed by atoms with E-state index in [0.29, 0.717) is 6.04 Å². The number of hydrogen-bond donors (Lipinski definition) is 1. The number of benzene rings is 1. The number of halogens is 1. The monoisotopic (exact) mass is 343 g/mol. The molecule has 3 nitrogen and oxygen atoms in total. The van der Waals surface area contributed by atoms with Crippen molar-refractivity contribution < 1.29 is 0 Å². The van der Waals surface area contributed by atoms with Crippen LogP contribution in [-0.2, 0) is 0 Å². The van der Waals surface area contributed by atoms with Crippen LogP contribution in [0.4, 0.5) is 0 Å². The summed E-state index contributed by atoms with van der Waals surface area (Å²) in [7, 11) is 0. The minimum Gasteiger partial charge on any atom is -0.310 e. The first-order chi connectivity index (χ1) is 8.70. The van der Waals surface area contributed by atoms with E-state index in [-0.39, 0.29) is 0 Å². The second-order valence-electron chi connectivity index (χ2n) is 3.78. The SMILES string of the molecule is CCNC(C)c1ccc(Sc2nncs2)c(Br)c1. The Morgan fingerprint density at radius 1 is 1.50 bits per heavy atom. The van der Waals surface area contributed by atoms with E-state index in [4.69, 9.17) is 0 Å². The summed E-state index contributed by atoms with van der Waals surface area (Å²) in [6, 6.07) is 6.81. The molecule has 2 rings (SSSR count). The van der Waals surface area contributed by atoms with Crippen LogP contribution in [0.3, 0.4) is 0 Å². The molecule has 0 radical (unpaired) electrons. The zero-order valence-electron chi connectivity index (χ0n) is 10.2. The minimum absolute atomic E-state index is 0.367. The molecule has 1 atom stereocenters. The molecule has 1 unspecified atom stereocenters. The molecule has 0 amide bonds. The number of nitrogens with zero attached hydrogens (tertiary/aromatic N) is 2. The average molecular weight is 344 g/mol. The molecule has 6 heteroatoms. The molecular formula is C12H14BrN3S2. The Hall–Kier alpha value is -0.430. The summed E-state index contributed by atoms with van der Waals surface area (Å²) in [5.41, 5.74) is 3.03. The molecule has 0 spiro atoms. The number of nitrogens with one attached hydrogen (secondary N) is 1. The van der Waals surface area contributed by atoms with Crippen molar-refractivity contribution in [2.45, 2.75) is 29.1 Å². The van der Waals surface area contributed by atoms with Crippen molar-refractivity contribution in [1.82, 2.24) is 15.5 Å². The van der Waals surface area contributed by atoms with Crippen molar-refractivity contribution in [2.75, 3.05) is 6.54 Å². The third-order valence-electron chi connectivity index (χ3n) is 2.50. The standard InChI is InChI=1S/C12H14BrN3S2/c1-3-14-8(2)9-4-5-11(10(13)6-9)18-12-16-15-7-17-12/h4-8,14H,3H2,1-2H3. The molecule has 0 aliphatic carbocycles. The van der Waals surface area contributed by atoms with E-state index in [1.165, 1.54) is 10.5 Å². The van der Waals surface area contributed by atoms with Gasteiger partial charge < -0.3 is 5.32 Å². The third-order valence-corrected chi connectivity index (χ3v) is 5.28. The molecule has 0 saturated heterocycles. The Bertz CT molecular complexity index is 502. The fraction of sp³-hybridized carbons (Fsp3) is 0.333. The van der Waals surface area contributed by atoms with Gasteiger partial charge >= 0.3 is 0 Å². The van der Waals surface area contributed by atoms with Crippen LogP contribution in [0.1, 0.15) is 25.5 Å². The van der Waals surface area contributed by atoms with E-state index in [1.807, 2.05) is 0 Å². The molecule has 1 N–H and O–H groups in total. The molecule has 0 aliphatic rings. The normalized spacial score (nSPS) is 12.6. The molecule has 0 aliphatic heterocycles. The second-order valence-corrected chi connectivity index (χ2v) is 6.75. The van der Waals surface area contributed by atoms with Gasteiger partial charge in [-0.2, -0.15) is 0 Å². The van der Waals surface area contributed by atoms with Crippen molar-refractivity contribution >= 4 is 39.0 Å². The lowest BCUT2D eigenvalue weighted by molar-refractivity contribution is 0.597. The van der Waals surface area contributed by atoms with E-state index in [1.54, 1.807) is 28.6 Å². The van der Waals surface area contributed by atoms with Gasteiger partial charge in [0, 0.05) is 15.4 Å². The van der Waals surface area contributed by atoms with Gasteiger partial charge in [-0.3, -0.25) is 0 Å². The van der Waals surface area contributed by atoms with Crippen molar-refractivity contribution in [3.63, 3.8) is 0 Å². The molecule has 1 aromatic carbocycles. The fourth-order valence-corrected chi connectivity index (χ4v) is 3.67. The van der Waals surface area contributed by atoms with E-state index in [2.05, 4.69) is 63.5 Å². The Balaban J connectivity index is 2.14. The van der Waals surface area contributed by atoms with E-state index in [0.717, 1.165) is 15.4 Å². The second kappa shape index (κ2) is 6.65. The predicted octanol–water partition coefficient (Wildman–Crippen LogP) is 4.12. The maximum Gasteiger partial charge on any atom is 0.178 e. The van der Waals surface area contributed by atoms with Gasteiger partial charge in [0.1, 0.15) is 5.51 Å². The molecule has 1 heterocycles. The Morgan fingerprint density at radius 3 is 2.94 bits per heavy atom. The maximum atomic E-state index is 4.04. The first kappa shape index (κ1) is 14.0. The third kappa shape index (κ3) is 3.54. The number of hydrogen-bond acceptors (Lipinski definition) is 5. The highest BCUT2D eigenvalue weighted by atomic mass is 79.9. The van der Waals surface area contributed by atoms with Gasteiger partial charge in [0.2, 0.25) is 0 Å². The van der Waals surface area contributed by atoms with Crippen molar-refractivity contribution in [3.8, 4) is 0 Å². The summed E-state index contributed by atoms with van der Waals surface area (Å²) in [5, 5.41) is 11.3. The van der Waals surface area contributed by atoms with Gasteiger partial charge in [-0.25, -0.2) is 0 Å². The van der Waals surface area contributed by atoms with Crippen LogP contribution in [0.25, 0.3) is 0 Å². The topological polar surface area (TPSA) is 37.8 Å². The number of aromatic nitrogens is 2. The predicted molar refractivity (Wildman–Crippen MR) is 80.3 cm³/mol. The molecule has 18 heavy (non-hydrogen) atoms. The number of rotatable bonds is 5. The molecule has 0 fully saturated rings. The van der Waals surface area contributed by atoms with Gasteiger partial charge in [0.05, 0.1) is 0 Å². The van der Waals surface area contributed by atoms with Gasteiger partial charge in [0.25, 0.3) is 0 Å². The van der Waals surface area contributed by atoms with Crippen LogP contribution < -0.4 is 5.32 Å². The molecule has 1 aromatic heterocycles.